The van der Waals surface area contributed by atoms with Gasteiger partial charge in [-0.05, 0) is 38.1 Å². The van der Waals surface area contributed by atoms with Crippen molar-refractivity contribution in [2.45, 2.75) is 32.2 Å². The lowest BCUT2D eigenvalue weighted by atomic mass is 10.1. The molecule has 0 spiro atoms. The minimum absolute atomic E-state index is 0.0953. The Morgan fingerprint density at radius 2 is 1.73 bits per heavy atom. The number of benzene rings is 1. The van der Waals surface area contributed by atoms with Gasteiger partial charge in [0.25, 0.3) is 5.91 Å². The molecular formula is C24H38N4O5. The first kappa shape index (κ1) is 25.1. The molecule has 2 heterocycles. The Kier molecular flexibility index (Phi) is 9.20. The van der Waals surface area contributed by atoms with E-state index in [0.29, 0.717) is 61.5 Å². The van der Waals surface area contributed by atoms with E-state index in [-0.39, 0.29) is 11.8 Å². The zero-order chi connectivity index (χ0) is 23.8. The van der Waals surface area contributed by atoms with Gasteiger partial charge in [0.2, 0.25) is 11.7 Å². The monoisotopic (exact) mass is 462 g/mol. The molecule has 2 saturated heterocycles. The normalized spacial score (nSPS) is 18.8. The minimum atomic E-state index is -0.134. The van der Waals surface area contributed by atoms with Gasteiger partial charge in [-0.15, -0.1) is 0 Å². The van der Waals surface area contributed by atoms with Crippen LogP contribution in [0.1, 0.15) is 36.5 Å². The number of likely N-dealkylation sites (N-methyl/N-ethyl adjacent to an activating group) is 1. The quantitative estimate of drug-likeness (QED) is 0.564. The van der Waals surface area contributed by atoms with Crippen LogP contribution in [0, 0.1) is 0 Å². The molecule has 0 saturated carbocycles. The lowest BCUT2D eigenvalue weighted by Crippen LogP contribution is -2.48. The largest absolute Gasteiger partial charge is 0.493 e. The number of ether oxygens (including phenoxy) is 3. The van der Waals surface area contributed by atoms with Crippen LogP contribution in [0.4, 0.5) is 0 Å². The van der Waals surface area contributed by atoms with Gasteiger partial charge in [0.1, 0.15) is 0 Å². The second-order valence-electron chi connectivity index (χ2n) is 8.47. The van der Waals surface area contributed by atoms with Crippen molar-refractivity contribution in [2.24, 2.45) is 0 Å². The first-order valence-electron chi connectivity index (χ1n) is 11.8. The predicted octanol–water partition coefficient (Wildman–Crippen LogP) is 1.46. The van der Waals surface area contributed by atoms with E-state index in [4.69, 9.17) is 14.2 Å². The first-order valence-corrected chi connectivity index (χ1v) is 11.8. The maximum atomic E-state index is 13.7. The van der Waals surface area contributed by atoms with Gasteiger partial charge in [-0.1, -0.05) is 6.92 Å². The van der Waals surface area contributed by atoms with Crippen LogP contribution < -0.4 is 19.5 Å². The molecule has 1 N–H and O–H groups in total. The number of amides is 2. The van der Waals surface area contributed by atoms with Crippen LogP contribution in [0.2, 0.25) is 0 Å². The highest BCUT2D eigenvalue weighted by Gasteiger charge is 2.29. The zero-order valence-electron chi connectivity index (χ0n) is 20.4. The average Bonchev–Trinajstić information content (AvgIpc) is 3.32. The summed E-state index contributed by atoms with van der Waals surface area (Å²) >= 11 is 0. The van der Waals surface area contributed by atoms with Crippen molar-refractivity contribution in [1.82, 2.24) is 20.0 Å². The summed E-state index contributed by atoms with van der Waals surface area (Å²) in [6.45, 7) is 8.18. The molecule has 0 radical (unpaired) electrons. The number of carbonyl (C=O) groups excluding carboxylic acids is 2. The summed E-state index contributed by atoms with van der Waals surface area (Å²) in [7, 11) is 4.61. The lowest BCUT2D eigenvalue weighted by molar-refractivity contribution is -0.132. The molecule has 3 rings (SSSR count). The molecule has 9 heteroatoms. The molecule has 2 aliphatic heterocycles. The number of hydrogen-bond donors (Lipinski definition) is 1. The summed E-state index contributed by atoms with van der Waals surface area (Å²) < 4.78 is 16.3. The number of hydrogen-bond acceptors (Lipinski definition) is 7. The summed E-state index contributed by atoms with van der Waals surface area (Å²) in [5.41, 5.74) is 0.458. The second-order valence-corrected chi connectivity index (χ2v) is 8.47. The average molecular weight is 463 g/mol. The van der Waals surface area contributed by atoms with E-state index < -0.39 is 0 Å². The summed E-state index contributed by atoms with van der Waals surface area (Å²) in [5.74, 6) is 1.29. The molecule has 1 atom stereocenters. The Hall–Kier alpha value is -2.52. The second kappa shape index (κ2) is 12.1. The third-order valence-corrected chi connectivity index (χ3v) is 6.60. The maximum absolute atomic E-state index is 13.7. The number of nitrogens with one attached hydrogen (secondary N) is 1. The molecule has 0 bridgehead atoms. The fourth-order valence-corrected chi connectivity index (χ4v) is 4.74. The smallest absolute Gasteiger partial charge is 0.254 e. The van der Waals surface area contributed by atoms with Crippen LogP contribution in [-0.2, 0) is 4.79 Å². The Labute approximate surface area is 196 Å². The molecule has 9 nitrogen and oxygen atoms in total. The Morgan fingerprint density at radius 3 is 2.30 bits per heavy atom. The van der Waals surface area contributed by atoms with Crippen molar-refractivity contribution in [3.8, 4) is 17.2 Å². The van der Waals surface area contributed by atoms with E-state index in [1.807, 2.05) is 9.80 Å². The van der Waals surface area contributed by atoms with Gasteiger partial charge in [0.05, 0.1) is 21.3 Å². The van der Waals surface area contributed by atoms with Crippen molar-refractivity contribution in [3.63, 3.8) is 0 Å². The molecular weight excluding hydrogens is 424 g/mol. The van der Waals surface area contributed by atoms with Gasteiger partial charge >= 0.3 is 0 Å². The Balaban J connectivity index is 1.81. The van der Waals surface area contributed by atoms with Crippen LogP contribution >= 0.6 is 0 Å². The molecule has 2 fully saturated rings. The van der Waals surface area contributed by atoms with Crippen LogP contribution in [0.5, 0.6) is 17.2 Å². The van der Waals surface area contributed by atoms with Gasteiger partial charge < -0.3 is 29.3 Å². The van der Waals surface area contributed by atoms with E-state index in [9.17, 15) is 9.59 Å². The van der Waals surface area contributed by atoms with Crippen molar-refractivity contribution in [1.29, 1.82) is 0 Å². The van der Waals surface area contributed by atoms with Gasteiger partial charge in [-0.3, -0.25) is 14.5 Å². The highest BCUT2D eigenvalue weighted by Crippen LogP contribution is 2.38. The van der Waals surface area contributed by atoms with Crippen LogP contribution in [0.25, 0.3) is 0 Å². The predicted molar refractivity (Wildman–Crippen MR) is 126 cm³/mol. The van der Waals surface area contributed by atoms with Gasteiger partial charge in [0, 0.05) is 57.3 Å². The summed E-state index contributed by atoms with van der Waals surface area (Å²) in [6.07, 6.45) is 2.50. The van der Waals surface area contributed by atoms with Crippen molar-refractivity contribution in [3.05, 3.63) is 17.7 Å². The first-order chi connectivity index (χ1) is 16.0. The van der Waals surface area contributed by atoms with Crippen molar-refractivity contribution >= 4 is 11.8 Å². The molecule has 1 aromatic rings. The highest BCUT2D eigenvalue weighted by atomic mass is 16.5. The maximum Gasteiger partial charge on any atom is 0.254 e. The molecule has 0 aliphatic carbocycles. The molecule has 0 unspecified atom stereocenters. The Morgan fingerprint density at radius 1 is 1.06 bits per heavy atom. The molecule has 2 aliphatic rings. The van der Waals surface area contributed by atoms with Crippen molar-refractivity contribution < 1.29 is 23.8 Å². The SMILES string of the molecule is CCN1CCC[C@H]1CN(CCC(=O)N1CCNCC1)C(=O)c1cc(OC)c(OC)c(OC)c1. The number of piperazine rings is 1. The lowest BCUT2D eigenvalue weighted by Gasteiger charge is -2.32. The molecule has 1 aromatic carbocycles. The minimum Gasteiger partial charge on any atom is -0.493 e. The van der Waals surface area contributed by atoms with E-state index in [2.05, 4.69) is 17.1 Å². The number of carbonyl (C=O) groups is 2. The van der Waals surface area contributed by atoms with Crippen molar-refractivity contribution in [2.75, 3.05) is 73.7 Å². The zero-order valence-corrected chi connectivity index (χ0v) is 20.4. The third-order valence-electron chi connectivity index (χ3n) is 6.60. The molecule has 33 heavy (non-hydrogen) atoms. The number of likely N-dealkylation sites (tertiary alicyclic amines) is 1. The number of rotatable bonds is 10. The van der Waals surface area contributed by atoms with Gasteiger partial charge in [-0.2, -0.15) is 0 Å². The standard InChI is InChI=1S/C24H38N4O5/c1-5-26-11-6-7-19(26)17-28(12-8-22(29)27-13-9-25-10-14-27)24(30)18-15-20(31-2)23(33-4)21(16-18)32-3/h15-16,19,25H,5-14,17H2,1-4H3/t19-/m0/s1. The summed E-state index contributed by atoms with van der Waals surface area (Å²) in [6, 6.07) is 3.66. The molecule has 2 amide bonds. The third kappa shape index (κ3) is 6.09. The van der Waals surface area contributed by atoms with Gasteiger partial charge in [-0.25, -0.2) is 0 Å². The molecule has 0 aromatic heterocycles. The van der Waals surface area contributed by atoms with E-state index in [0.717, 1.165) is 39.0 Å². The Bertz CT molecular complexity index is 787. The summed E-state index contributed by atoms with van der Waals surface area (Å²) in [5, 5.41) is 3.27. The highest BCUT2D eigenvalue weighted by molar-refractivity contribution is 5.96. The summed E-state index contributed by atoms with van der Waals surface area (Å²) in [4.78, 5) is 32.6. The van der Waals surface area contributed by atoms with Gasteiger partial charge in [0.15, 0.2) is 11.5 Å². The fourth-order valence-electron chi connectivity index (χ4n) is 4.74. The van der Waals surface area contributed by atoms with Crippen LogP contribution in [0.3, 0.4) is 0 Å². The van der Waals surface area contributed by atoms with E-state index >= 15 is 0 Å². The fraction of sp³-hybridized carbons (Fsp3) is 0.667. The van der Waals surface area contributed by atoms with E-state index in [1.165, 1.54) is 21.3 Å². The molecule has 184 valence electrons. The van der Waals surface area contributed by atoms with Crippen LogP contribution in [0.15, 0.2) is 12.1 Å². The number of methoxy groups -OCH3 is 3. The number of nitrogens with zero attached hydrogens (tertiary/aromatic N) is 3. The van der Waals surface area contributed by atoms with E-state index in [1.54, 1.807) is 12.1 Å². The van der Waals surface area contributed by atoms with Crippen LogP contribution in [-0.4, -0.2) is 106 Å². The topological polar surface area (TPSA) is 83.6 Å².